The highest BCUT2D eigenvalue weighted by molar-refractivity contribution is 7.26. The van der Waals surface area contributed by atoms with Crippen molar-refractivity contribution >= 4 is 53.6 Å². The number of para-hydroxylation sites is 1. The maximum absolute atomic E-state index is 6.35. The number of hydrogen-bond acceptors (Lipinski definition) is 6. The molecule has 0 unspecified atom stereocenters. The van der Waals surface area contributed by atoms with Gasteiger partial charge in [0.15, 0.2) is 17.2 Å². The van der Waals surface area contributed by atoms with E-state index in [1.807, 2.05) is 48.5 Å². The molecule has 0 atom stereocenters. The highest BCUT2D eigenvalue weighted by Gasteiger charge is 2.20. The molecular formula is C56H34N4OS. The van der Waals surface area contributed by atoms with Crippen LogP contribution in [-0.4, -0.2) is 19.9 Å². The number of fused-ring (bicyclic) bond motifs is 6. The van der Waals surface area contributed by atoms with Crippen molar-refractivity contribution in [3.05, 3.63) is 206 Å². The van der Waals surface area contributed by atoms with E-state index < -0.39 is 0 Å². The van der Waals surface area contributed by atoms with Crippen LogP contribution in [-0.2, 0) is 0 Å². The van der Waals surface area contributed by atoms with Gasteiger partial charge < -0.3 is 4.42 Å². The fourth-order valence-corrected chi connectivity index (χ4v) is 9.80. The molecule has 4 aromatic heterocycles. The van der Waals surface area contributed by atoms with Crippen molar-refractivity contribution in [2.75, 3.05) is 0 Å². The number of hydrogen-bond donors (Lipinski definition) is 0. The first kappa shape index (κ1) is 35.8. The van der Waals surface area contributed by atoms with Gasteiger partial charge in [0.1, 0.15) is 16.8 Å². The molecule has 0 saturated carbocycles. The van der Waals surface area contributed by atoms with Gasteiger partial charge in [0.05, 0.1) is 11.4 Å². The second kappa shape index (κ2) is 14.9. The molecular weight excluding hydrogens is 777 g/mol. The molecule has 5 nitrogen and oxygen atoms in total. The second-order valence-electron chi connectivity index (χ2n) is 15.4. The van der Waals surface area contributed by atoms with Gasteiger partial charge in [-0.15, -0.1) is 11.3 Å². The molecule has 0 N–H and O–H groups in total. The molecule has 0 spiro atoms. The highest BCUT2D eigenvalue weighted by Crippen LogP contribution is 2.44. The van der Waals surface area contributed by atoms with E-state index in [2.05, 4.69) is 158 Å². The van der Waals surface area contributed by atoms with Gasteiger partial charge in [0.25, 0.3) is 0 Å². The quantitative estimate of drug-likeness (QED) is 0.160. The van der Waals surface area contributed by atoms with Crippen LogP contribution in [0.3, 0.4) is 0 Å². The lowest BCUT2D eigenvalue weighted by molar-refractivity contribution is 0.667. The van der Waals surface area contributed by atoms with Gasteiger partial charge in [-0.3, -0.25) is 0 Å². The van der Waals surface area contributed by atoms with E-state index >= 15 is 0 Å². The Bertz CT molecular complexity index is 3620. The summed E-state index contributed by atoms with van der Waals surface area (Å²) in [6, 6.07) is 71.5. The van der Waals surface area contributed by atoms with Crippen LogP contribution in [0.15, 0.2) is 211 Å². The zero-order valence-corrected chi connectivity index (χ0v) is 34.1. The molecule has 8 aromatic carbocycles. The average molecular weight is 811 g/mol. The number of thiophene rings is 1. The van der Waals surface area contributed by atoms with Gasteiger partial charge in [-0.1, -0.05) is 176 Å². The minimum absolute atomic E-state index is 0.656. The molecule has 6 heteroatoms. The number of rotatable bonds is 7. The maximum atomic E-state index is 6.35. The lowest BCUT2D eigenvalue weighted by Gasteiger charge is -2.11. The van der Waals surface area contributed by atoms with Gasteiger partial charge in [0.2, 0.25) is 0 Å². The molecule has 12 rings (SSSR count). The van der Waals surface area contributed by atoms with Crippen molar-refractivity contribution in [1.82, 2.24) is 19.9 Å². The van der Waals surface area contributed by atoms with E-state index in [-0.39, 0.29) is 0 Å². The first-order valence-corrected chi connectivity index (χ1v) is 21.4. The third-order valence-corrected chi connectivity index (χ3v) is 12.7. The summed E-state index contributed by atoms with van der Waals surface area (Å²) in [5, 5.41) is 3.31. The van der Waals surface area contributed by atoms with Crippen LogP contribution in [0.1, 0.15) is 0 Å². The van der Waals surface area contributed by atoms with Crippen LogP contribution in [0.25, 0.3) is 121 Å². The molecule has 0 radical (unpaired) electrons. The van der Waals surface area contributed by atoms with Crippen LogP contribution >= 0.6 is 11.3 Å². The normalized spacial score (nSPS) is 11.5. The lowest BCUT2D eigenvalue weighted by Crippen LogP contribution is -1.96. The van der Waals surface area contributed by atoms with Crippen molar-refractivity contribution in [3.63, 3.8) is 0 Å². The van der Waals surface area contributed by atoms with Crippen molar-refractivity contribution in [3.8, 4) is 78.8 Å². The van der Waals surface area contributed by atoms with E-state index in [4.69, 9.17) is 24.4 Å². The van der Waals surface area contributed by atoms with Gasteiger partial charge in [-0.05, 0) is 52.6 Å². The summed E-state index contributed by atoms with van der Waals surface area (Å²) in [7, 11) is 0. The Kier molecular flexibility index (Phi) is 8.61. The van der Waals surface area contributed by atoms with E-state index in [0.29, 0.717) is 17.2 Å². The summed E-state index contributed by atoms with van der Waals surface area (Å²) in [4.78, 5) is 20.8. The lowest BCUT2D eigenvalue weighted by atomic mass is 9.99. The van der Waals surface area contributed by atoms with Gasteiger partial charge in [0, 0.05) is 53.4 Å². The maximum Gasteiger partial charge on any atom is 0.180 e. The second-order valence-corrected chi connectivity index (χ2v) is 16.4. The van der Waals surface area contributed by atoms with Crippen LogP contribution in [0.4, 0.5) is 0 Å². The first-order chi connectivity index (χ1) is 30.7. The Morgan fingerprint density at radius 2 is 0.968 bits per heavy atom. The van der Waals surface area contributed by atoms with Gasteiger partial charge >= 0.3 is 0 Å². The SMILES string of the molecule is c1ccc(-c2cccc(-c3cc(-c4ccccc4)nc(-c4cccc5sc6c(-c7ccc(-c8nc(-c9ccccc9)c9oc%10ccccc%10c9n8)cc7)cccc6c45)n3)c2)cc1. The van der Waals surface area contributed by atoms with Crippen LogP contribution in [0.2, 0.25) is 0 Å². The van der Waals surface area contributed by atoms with E-state index in [1.54, 1.807) is 11.3 Å². The molecule has 0 bridgehead atoms. The van der Waals surface area contributed by atoms with Crippen LogP contribution in [0, 0.1) is 0 Å². The molecule has 0 fully saturated rings. The van der Waals surface area contributed by atoms with Gasteiger partial charge in [-0.25, -0.2) is 19.9 Å². The summed E-state index contributed by atoms with van der Waals surface area (Å²) in [5.74, 6) is 1.35. The Morgan fingerprint density at radius 3 is 1.76 bits per heavy atom. The Balaban J connectivity index is 0.969. The number of benzene rings is 8. The molecule has 62 heavy (non-hydrogen) atoms. The molecule has 0 saturated heterocycles. The third kappa shape index (κ3) is 6.24. The van der Waals surface area contributed by atoms with Crippen molar-refractivity contribution in [2.24, 2.45) is 0 Å². The minimum Gasteiger partial charge on any atom is -0.452 e. The number of furan rings is 1. The molecule has 0 amide bonds. The molecule has 0 aliphatic heterocycles. The zero-order valence-electron chi connectivity index (χ0n) is 33.2. The van der Waals surface area contributed by atoms with E-state index in [0.717, 1.165) is 77.9 Å². The number of nitrogens with zero attached hydrogens (tertiary/aromatic N) is 4. The zero-order chi connectivity index (χ0) is 41.0. The van der Waals surface area contributed by atoms with Crippen molar-refractivity contribution in [1.29, 1.82) is 0 Å². The Morgan fingerprint density at radius 1 is 0.371 bits per heavy atom. The fourth-order valence-electron chi connectivity index (χ4n) is 8.53. The van der Waals surface area contributed by atoms with Crippen molar-refractivity contribution in [2.45, 2.75) is 0 Å². The largest absolute Gasteiger partial charge is 0.452 e. The fraction of sp³-hybridized carbons (Fsp3) is 0. The highest BCUT2D eigenvalue weighted by atomic mass is 32.1. The average Bonchev–Trinajstić information content (AvgIpc) is 3.93. The van der Waals surface area contributed by atoms with Gasteiger partial charge in [-0.2, -0.15) is 0 Å². The predicted molar refractivity (Wildman–Crippen MR) is 256 cm³/mol. The first-order valence-electron chi connectivity index (χ1n) is 20.6. The number of aromatic nitrogens is 4. The smallest absolute Gasteiger partial charge is 0.180 e. The van der Waals surface area contributed by atoms with E-state index in [1.165, 1.54) is 25.9 Å². The molecule has 290 valence electrons. The molecule has 0 aliphatic carbocycles. The van der Waals surface area contributed by atoms with Crippen LogP contribution < -0.4 is 0 Å². The molecule has 4 heterocycles. The predicted octanol–water partition coefficient (Wildman–Crippen LogP) is 15.2. The Hall–Kier alpha value is -8.06. The summed E-state index contributed by atoms with van der Waals surface area (Å²) in [5.41, 5.74) is 14.5. The summed E-state index contributed by atoms with van der Waals surface area (Å²) in [6.07, 6.45) is 0. The Labute approximate surface area is 361 Å². The van der Waals surface area contributed by atoms with Crippen LogP contribution in [0.5, 0.6) is 0 Å². The standard InChI is InChI=1S/C56H34N4OS/c1-4-15-35(16-5-1)40-21-12-22-41(33-40)47-34-46(37-17-6-2-7-18-37)57-56(58-47)45-26-14-28-49-50(45)44-25-13-24-42(54(44)62-49)36-29-31-39(32-30-36)55-59-51(38-19-8-3-9-20-38)53-52(60-55)43-23-10-11-27-48(43)61-53/h1-34H. The topological polar surface area (TPSA) is 64.7 Å². The molecule has 0 aliphatic rings. The summed E-state index contributed by atoms with van der Waals surface area (Å²) < 4.78 is 8.75. The minimum atomic E-state index is 0.656. The molecule has 12 aromatic rings. The monoisotopic (exact) mass is 810 g/mol. The third-order valence-electron chi connectivity index (χ3n) is 11.5. The summed E-state index contributed by atoms with van der Waals surface area (Å²) in [6.45, 7) is 0. The summed E-state index contributed by atoms with van der Waals surface area (Å²) >= 11 is 1.81. The van der Waals surface area contributed by atoms with Crippen molar-refractivity contribution < 1.29 is 4.42 Å². The van der Waals surface area contributed by atoms with E-state index in [9.17, 15) is 0 Å².